The van der Waals surface area contributed by atoms with Crippen molar-refractivity contribution in [3.05, 3.63) is 90.5 Å². The highest BCUT2D eigenvalue weighted by Gasteiger charge is 2.22. The molecule has 0 aliphatic rings. The second-order valence-electron chi connectivity index (χ2n) is 5.97. The maximum atomic E-state index is 13.0. The Hall–Kier alpha value is -3.05. The number of benzene rings is 3. The van der Waals surface area contributed by atoms with Crippen molar-refractivity contribution in [3.8, 4) is 0 Å². The Morgan fingerprint density at radius 3 is 1.81 bits per heavy atom. The quantitative estimate of drug-likeness (QED) is 0.587. The summed E-state index contributed by atoms with van der Waals surface area (Å²) in [7, 11) is 0. The van der Waals surface area contributed by atoms with Crippen LogP contribution in [0.2, 0.25) is 0 Å². The van der Waals surface area contributed by atoms with E-state index in [1.54, 1.807) is 24.3 Å². The third kappa shape index (κ3) is 5.46. The summed E-state index contributed by atoms with van der Waals surface area (Å²) in [4.78, 5) is 25.1. The van der Waals surface area contributed by atoms with Crippen LogP contribution >= 0.6 is 11.8 Å². The fraction of sp³-hybridized carbons (Fsp3) is 0.0909. The summed E-state index contributed by atoms with van der Waals surface area (Å²) in [6, 6.07) is 26.7. The molecular formula is C22H20N2O2S. The van der Waals surface area contributed by atoms with Crippen molar-refractivity contribution in [2.24, 2.45) is 0 Å². The smallest absolute Gasteiger partial charge is 0.242 e. The normalized spacial score (nSPS) is 11.4. The van der Waals surface area contributed by atoms with Crippen LogP contribution in [0.1, 0.15) is 17.7 Å². The third-order valence-corrected chi connectivity index (χ3v) is 5.08. The van der Waals surface area contributed by atoms with E-state index in [0.29, 0.717) is 11.4 Å². The van der Waals surface area contributed by atoms with Crippen LogP contribution in [-0.4, -0.2) is 11.8 Å². The van der Waals surface area contributed by atoms with Gasteiger partial charge in [-0.25, -0.2) is 0 Å². The van der Waals surface area contributed by atoms with Crippen LogP contribution in [0.5, 0.6) is 0 Å². The Balaban J connectivity index is 1.77. The van der Waals surface area contributed by atoms with Gasteiger partial charge in [0.25, 0.3) is 0 Å². The largest absolute Gasteiger partial charge is 0.326 e. The topological polar surface area (TPSA) is 58.2 Å². The first-order chi connectivity index (χ1) is 13.1. The number of carbonyl (C=O) groups is 2. The first-order valence-electron chi connectivity index (χ1n) is 8.57. The molecule has 0 saturated heterocycles. The van der Waals surface area contributed by atoms with Gasteiger partial charge >= 0.3 is 0 Å². The molecule has 0 unspecified atom stereocenters. The highest BCUT2D eigenvalue weighted by Crippen LogP contribution is 2.36. The van der Waals surface area contributed by atoms with Gasteiger partial charge in [0, 0.05) is 23.2 Å². The first kappa shape index (κ1) is 18.7. The van der Waals surface area contributed by atoms with Gasteiger partial charge in [0.05, 0.1) is 0 Å². The Morgan fingerprint density at radius 1 is 0.741 bits per heavy atom. The maximum Gasteiger partial charge on any atom is 0.242 e. The van der Waals surface area contributed by atoms with E-state index in [9.17, 15) is 9.59 Å². The molecule has 0 spiro atoms. The van der Waals surface area contributed by atoms with Gasteiger partial charge < -0.3 is 10.6 Å². The van der Waals surface area contributed by atoms with E-state index in [0.717, 1.165) is 10.5 Å². The molecule has 2 N–H and O–H groups in total. The van der Waals surface area contributed by atoms with Gasteiger partial charge in [-0.3, -0.25) is 9.59 Å². The lowest BCUT2D eigenvalue weighted by Gasteiger charge is -2.17. The second-order valence-corrected chi connectivity index (χ2v) is 7.15. The van der Waals surface area contributed by atoms with Crippen molar-refractivity contribution in [1.82, 2.24) is 0 Å². The molecule has 2 amide bonds. The van der Waals surface area contributed by atoms with Crippen LogP contribution in [0.4, 0.5) is 11.4 Å². The van der Waals surface area contributed by atoms with Gasteiger partial charge in [-0.2, -0.15) is 0 Å². The fourth-order valence-corrected chi connectivity index (χ4v) is 3.63. The SMILES string of the molecule is CC(=O)Nc1ccc(NC(=O)[C@@H](Sc2ccccc2)c2ccccc2)cc1. The predicted molar refractivity (Wildman–Crippen MR) is 111 cm³/mol. The van der Waals surface area contributed by atoms with Crippen molar-refractivity contribution in [1.29, 1.82) is 0 Å². The molecule has 27 heavy (non-hydrogen) atoms. The highest BCUT2D eigenvalue weighted by atomic mass is 32.2. The van der Waals surface area contributed by atoms with E-state index in [4.69, 9.17) is 0 Å². The molecule has 0 saturated carbocycles. The van der Waals surface area contributed by atoms with Gasteiger partial charge in [0.15, 0.2) is 0 Å². The molecule has 0 aliphatic heterocycles. The summed E-state index contributed by atoms with van der Waals surface area (Å²) in [5.41, 5.74) is 2.32. The van der Waals surface area contributed by atoms with E-state index < -0.39 is 0 Å². The number of thioether (sulfide) groups is 1. The number of hydrogen-bond donors (Lipinski definition) is 2. The Kier molecular flexibility index (Phi) is 6.28. The monoisotopic (exact) mass is 376 g/mol. The molecule has 0 bridgehead atoms. The van der Waals surface area contributed by atoms with Gasteiger partial charge in [-0.1, -0.05) is 48.5 Å². The fourth-order valence-electron chi connectivity index (χ4n) is 2.58. The van der Waals surface area contributed by atoms with Crippen molar-refractivity contribution < 1.29 is 9.59 Å². The van der Waals surface area contributed by atoms with Crippen molar-refractivity contribution in [3.63, 3.8) is 0 Å². The molecular weight excluding hydrogens is 356 g/mol. The summed E-state index contributed by atoms with van der Waals surface area (Å²) in [6.07, 6.45) is 0. The minimum absolute atomic E-state index is 0.0951. The first-order valence-corrected chi connectivity index (χ1v) is 9.45. The molecule has 0 aromatic heterocycles. The molecule has 0 fully saturated rings. The van der Waals surface area contributed by atoms with Gasteiger partial charge in [0.1, 0.15) is 5.25 Å². The summed E-state index contributed by atoms with van der Waals surface area (Å²) >= 11 is 1.51. The van der Waals surface area contributed by atoms with Crippen molar-refractivity contribution >= 4 is 35.0 Å². The number of nitrogens with one attached hydrogen (secondary N) is 2. The van der Waals surface area contributed by atoms with Crippen molar-refractivity contribution in [2.45, 2.75) is 17.1 Å². The van der Waals surface area contributed by atoms with Crippen LogP contribution in [-0.2, 0) is 9.59 Å². The number of carbonyl (C=O) groups excluding carboxylic acids is 2. The lowest BCUT2D eigenvalue weighted by molar-refractivity contribution is -0.116. The van der Waals surface area contributed by atoms with E-state index in [1.165, 1.54) is 18.7 Å². The van der Waals surface area contributed by atoms with Crippen LogP contribution < -0.4 is 10.6 Å². The maximum absolute atomic E-state index is 13.0. The van der Waals surface area contributed by atoms with Crippen molar-refractivity contribution in [2.75, 3.05) is 10.6 Å². The molecule has 4 nitrogen and oxygen atoms in total. The summed E-state index contributed by atoms with van der Waals surface area (Å²) < 4.78 is 0. The van der Waals surface area contributed by atoms with E-state index >= 15 is 0 Å². The van der Waals surface area contributed by atoms with Crippen LogP contribution in [0.3, 0.4) is 0 Å². The van der Waals surface area contributed by atoms with E-state index in [-0.39, 0.29) is 17.1 Å². The lowest BCUT2D eigenvalue weighted by atomic mass is 10.1. The average Bonchev–Trinajstić information content (AvgIpc) is 2.68. The highest BCUT2D eigenvalue weighted by molar-refractivity contribution is 8.00. The summed E-state index contributed by atoms with van der Waals surface area (Å²) in [5.74, 6) is -0.225. The molecule has 0 radical (unpaired) electrons. The zero-order valence-electron chi connectivity index (χ0n) is 14.9. The van der Waals surface area contributed by atoms with Crippen LogP contribution in [0.15, 0.2) is 89.8 Å². The lowest BCUT2D eigenvalue weighted by Crippen LogP contribution is -2.19. The van der Waals surface area contributed by atoms with Gasteiger partial charge in [-0.15, -0.1) is 11.8 Å². The molecule has 3 aromatic rings. The number of hydrogen-bond acceptors (Lipinski definition) is 3. The number of amides is 2. The van der Waals surface area contributed by atoms with E-state index in [2.05, 4.69) is 10.6 Å². The van der Waals surface area contributed by atoms with Gasteiger partial charge in [0.2, 0.25) is 11.8 Å². The predicted octanol–water partition coefficient (Wildman–Crippen LogP) is 5.12. The standard InChI is InChI=1S/C22H20N2O2S/c1-16(25)23-18-12-14-19(15-13-18)24-22(26)21(17-8-4-2-5-9-17)27-20-10-6-3-7-11-20/h2-15,21H,1H3,(H,23,25)(H,24,26)/t21-/m0/s1. The van der Waals surface area contributed by atoms with Crippen LogP contribution in [0, 0.1) is 0 Å². The average molecular weight is 376 g/mol. The zero-order chi connectivity index (χ0) is 19.1. The summed E-state index contributed by atoms with van der Waals surface area (Å²) in [6.45, 7) is 1.46. The van der Waals surface area contributed by atoms with Gasteiger partial charge in [-0.05, 0) is 42.0 Å². The Bertz CT molecular complexity index is 897. The van der Waals surface area contributed by atoms with Crippen LogP contribution in [0.25, 0.3) is 0 Å². The Labute approximate surface area is 163 Å². The number of rotatable bonds is 6. The molecule has 5 heteroatoms. The molecule has 3 rings (SSSR count). The minimum Gasteiger partial charge on any atom is -0.326 e. The molecule has 0 aliphatic carbocycles. The number of anilines is 2. The Morgan fingerprint density at radius 2 is 1.26 bits per heavy atom. The van der Waals surface area contributed by atoms with E-state index in [1.807, 2.05) is 60.7 Å². The summed E-state index contributed by atoms with van der Waals surface area (Å²) in [5, 5.41) is 5.31. The molecule has 136 valence electrons. The molecule has 3 aromatic carbocycles. The third-order valence-electron chi connectivity index (χ3n) is 3.81. The molecule has 1 atom stereocenters. The second kappa shape index (κ2) is 9.05. The molecule has 0 heterocycles. The minimum atomic E-state index is -0.372. The zero-order valence-corrected chi connectivity index (χ0v) is 15.7.